The highest BCUT2D eigenvalue weighted by atomic mass is 16.1. The van der Waals surface area contributed by atoms with Gasteiger partial charge >= 0.3 is 0 Å². The Morgan fingerprint density at radius 1 is 0.759 bits per heavy atom. The summed E-state index contributed by atoms with van der Waals surface area (Å²) in [5.74, 6) is 0.286. The second kappa shape index (κ2) is 9.09. The summed E-state index contributed by atoms with van der Waals surface area (Å²) in [5, 5.41) is 0. The minimum Gasteiger partial charge on any atom is -0.335 e. The van der Waals surface area contributed by atoms with Crippen LogP contribution in [-0.2, 0) is 10.3 Å². The van der Waals surface area contributed by atoms with Gasteiger partial charge in [0.15, 0.2) is 0 Å². The molecule has 1 fully saturated rings. The van der Waals surface area contributed by atoms with Gasteiger partial charge in [-0.05, 0) is 36.0 Å². The molecule has 148 valence electrons. The zero-order valence-electron chi connectivity index (χ0n) is 16.9. The fraction of sp³-hybridized carbons (Fsp3) is 0.296. The van der Waals surface area contributed by atoms with E-state index in [4.69, 9.17) is 0 Å². The van der Waals surface area contributed by atoms with Gasteiger partial charge in [0.2, 0.25) is 6.41 Å². The van der Waals surface area contributed by atoms with E-state index in [-0.39, 0.29) is 11.5 Å². The van der Waals surface area contributed by atoms with Crippen molar-refractivity contribution < 1.29 is 4.79 Å². The van der Waals surface area contributed by atoms with Gasteiger partial charge in [0.05, 0.1) is 5.54 Å². The predicted octanol–water partition coefficient (Wildman–Crippen LogP) is 6.14. The maximum atomic E-state index is 12.3. The highest BCUT2D eigenvalue weighted by Gasteiger charge is 2.40. The molecule has 1 aliphatic carbocycles. The van der Waals surface area contributed by atoms with Crippen LogP contribution in [0.25, 0.3) is 0 Å². The summed E-state index contributed by atoms with van der Waals surface area (Å²) >= 11 is 0. The van der Waals surface area contributed by atoms with E-state index in [1.165, 1.54) is 29.5 Å². The van der Waals surface area contributed by atoms with E-state index in [1.54, 1.807) is 0 Å². The molecule has 0 spiro atoms. The number of carbonyl (C=O) groups is 1. The molecule has 3 aromatic rings. The molecule has 2 heteroatoms. The van der Waals surface area contributed by atoms with Crippen molar-refractivity contribution in [2.75, 3.05) is 6.54 Å². The first kappa shape index (κ1) is 19.4. The van der Waals surface area contributed by atoms with Crippen LogP contribution in [0.2, 0.25) is 0 Å². The summed E-state index contributed by atoms with van der Waals surface area (Å²) in [6.07, 6.45) is 6.47. The van der Waals surface area contributed by atoms with Crippen LogP contribution in [0.15, 0.2) is 91.0 Å². The molecule has 29 heavy (non-hydrogen) atoms. The van der Waals surface area contributed by atoms with Crippen molar-refractivity contribution in [3.05, 3.63) is 108 Å². The molecule has 0 aliphatic heterocycles. The Labute approximate surface area is 174 Å². The predicted molar refractivity (Wildman–Crippen MR) is 119 cm³/mol. The number of carbonyl (C=O) groups excluding carboxylic acids is 1. The van der Waals surface area contributed by atoms with Crippen LogP contribution in [0, 0.1) is 0 Å². The van der Waals surface area contributed by atoms with Crippen molar-refractivity contribution in [2.24, 2.45) is 0 Å². The Bertz CT molecular complexity index is 846. The van der Waals surface area contributed by atoms with Crippen LogP contribution < -0.4 is 0 Å². The number of hydrogen-bond donors (Lipinski definition) is 0. The van der Waals surface area contributed by atoms with Crippen LogP contribution in [0.3, 0.4) is 0 Å². The summed E-state index contributed by atoms with van der Waals surface area (Å²) in [4.78, 5) is 14.4. The third kappa shape index (κ3) is 4.12. The van der Waals surface area contributed by atoms with Crippen molar-refractivity contribution in [2.45, 2.75) is 43.6 Å². The first-order valence-corrected chi connectivity index (χ1v) is 10.7. The molecule has 0 heterocycles. The Morgan fingerprint density at radius 3 is 1.72 bits per heavy atom. The first-order valence-electron chi connectivity index (χ1n) is 10.7. The monoisotopic (exact) mass is 383 g/mol. The molecular formula is C27H29NO. The molecule has 1 aliphatic rings. The van der Waals surface area contributed by atoms with Gasteiger partial charge in [0.25, 0.3) is 0 Å². The van der Waals surface area contributed by atoms with Gasteiger partial charge in [-0.2, -0.15) is 0 Å². The van der Waals surface area contributed by atoms with E-state index in [0.29, 0.717) is 0 Å². The molecule has 0 atom stereocenters. The maximum Gasteiger partial charge on any atom is 0.210 e. The quantitative estimate of drug-likeness (QED) is 0.428. The van der Waals surface area contributed by atoms with Gasteiger partial charge in [-0.3, -0.25) is 4.79 Å². The second-order valence-electron chi connectivity index (χ2n) is 8.07. The van der Waals surface area contributed by atoms with Gasteiger partial charge in [-0.15, -0.1) is 0 Å². The third-order valence-corrected chi connectivity index (χ3v) is 6.48. The van der Waals surface area contributed by atoms with E-state index in [1.807, 2.05) is 0 Å². The zero-order valence-corrected chi connectivity index (χ0v) is 16.9. The lowest BCUT2D eigenvalue weighted by Crippen LogP contribution is -2.44. The van der Waals surface area contributed by atoms with Gasteiger partial charge in [-0.1, -0.05) is 104 Å². The zero-order chi connectivity index (χ0) is 19.9. The Balaban J connectivity index is 1.61. The van der Waals surface area contributed by atoms with E-state index in [9.17, 15) is 4.79 Å². The normalized spacial score (nSPS) is 15.3. The van der Waals surface area contributed by atoms with Gasteiger partial charge in [0, 0.05) is 12.5 Å². The van der Waals surface area contributed by atoms with Crippen molar-refractivity contribution in [1.29, 1.82) is 0 Å². The summed E-state index contributed by atoms with van der Waals surface area (Å²) in [6, 6.07) is 31.9. The summed E-state index contributed by atoms with van der Waals surface area (Å²) in [5.41, 5.74) is 3.75. The van der Waals surface area contributed by atoms with Gasteiger partial charge in [0.1, 0.15) is 0 Å². The molecule has 2 nitrogen and oxygen atoms in total. The van der Waals surface area contributed by atoms with E-state index in [0.717, 1.165) is 32.2 Å². The van der Waals surface area contributed by atoms with Crippen LogP contribution in [0.5, 0.6) is 0 Å². The summed E-state index contributed by atoms with van der Waals surface area (Å²) in [7, 11) is 0. The third-order valence-electron chi connectivity index (χ3n) is 6.48. The minimum absolute atomic E-state index is 0.152. The fourth-order valence-electron chi connectivity index (χ4n) is 4.98. The van der Waals surface area contributed by atoms with E-state index in [2.05, 4.69) is 95.9 Å². The molecule has 0 bridgehead atoms. The van der Waals surface area contributed by atoms with Crippen LogP contribution in [-0.4, -0.2) is 17.9 Å². The molecule has 1 amide bonds. The number of benzene rings is 3. The molecule has 3 aromatic carbocycles. The second-order valence-corrected chi connectivity index (χ2v) is 8.07. The summed E-state index contributed by atoms with van der Waals surface area (Å²) in [6.45, 7) is 0.757. The van der Waals surface area contributed by atoms with Crippen LogP contribution in [0.1, 0.15) is 54.7 Å². The highest BCUT2D eigenvalue weighted by Crippen LogP contribution is 2.44. The van der Waals surface area contributed by atoms with Gasteiger partial charge < -0.3 is 4.90 Å². The number of hydrogen-bond acceptors (Lipinski definition) is 1. The first-order chi connectivity index (χ1) is 14.3. The number of nitrogens with zero attached hydrogens (tertiary/aromatic N) is 1. The molecular weight excluding hydrogens is 354 g/mol. The van der Waals surface area contributed by atoms with Crippen LogP contribution in [0.4, 0.5) is 0 Å². The molecule has 0 aromatic heterocycles. The largest absolute Gasteiger partial charge is 0.335 e. The van der Waals surface area contributed by atoms with E-state index >= 15 is 0 Å². The number of amides is 1. The van der Waals surface area contributed by atoms with Crippen molar-refractivity contribution in [1.82, 2.24) is 4.90 Å². The van der Waals surface area contributed by atoms with Crippen molar-refractivity contribution in [3.8, 4) is 0 Å². The van der Waals surface area contributed by atoms with E-state index < -0.39 is 0 Å². The Kier molecular flexibility index (Phi) is 6.09. The smallest absolute Gasteiger partial charge is 0.210 e. The van der Waals surface area contributed by atoms with Crippen molar-refractivity contribution >= 4 is 6.41 Å². The summed E-state index contributed by atoms with van der Waals surface area (Å²) < 4.78 is 0. The Morgan fingerprint density at radius 2 is 1.24 bits per heavy atom. The van der Waals surface area contributed by atoms with Crippen molar-refractivity contribution in [3.63, 3.8) is 0 Å². The molecule has 0 saturated heterocycles. The lowest BCUT2D eigenvalue weighted by Gasteiger charge is -2.40. The molecule has 0 unspecified atom stereocenters. The fourth-order valence-corrected chi connectivity index (χ4v) is 4.98. The molecule has 0 N–H and O–H groups in total. The average molecular weight is 384 g/mol. The van der Waals surface area contributed by atoms with Crippen LogP contribution >= 0.6 is 0 Å². The average Bonchev–Trinajstić information content (AvgIpc) is 3.30. The molecule has 1 saturated carbocycles. The van der Waals surface area contributed by atoms with Gasteiger partial charge in [-0.25, -0.2) is 0 Å². The maximum absolute atomic E-state index is 12.3. The molecule has 4 rings (SSSR count). The minimum atomic E-state index is -0.152. The SMILES string of the molecule is O=CN(CCC(c1ccccc1)c1ccccc1)C1(c2ccccc2)CCCC1. The topological polar surface area (TPSA) is 20.3 Å². The molecule has 0 radical (unpaired) electrons. The number of rotatable bonds is 8. The standard InChI is InChI=1S/C27H29NO/c29-22-28(27(19-10-11-20-27)25-16-8-3-9-17-25)21-18-26(23-12-4-1-5-13-23)24-14-6-2-7-15-24/h1-9,12-17,22,26H,10-11,18-21H2. The highest BCUT2D eigenvalue weighted by molar-refractivity contribution is 5.51. The lowest BCUT2D eigenvalue weighted by molar-refractivity contribution is -0.124. The Hall–Kier alpha value is -2.87. The lowest BCUT2D eigenvalue weighted by atomic mass is 9.84.